The van der Waals surface area contributed by atoms with Crippen LogP contribution in [0.5, 0.6) is 11.5 Å². The van der Waals surface area contributed by atoms with Crippen LogP contribution in [0.1, 0.15) is 32.8 Å². The highest BCUT2D eigenvalue weighted by Gasteiger charge is 2.30. The number of anilines is 1. The van der Waals surface area contributed by atoms with Crippen LogP contribution in [0.3, 0.4) is 0 Å². The fourth-order valence-corrected chi connectivity index (χ4v) is 4.37. The number of halogens is 3. The first-order valence-corrected chi connectivity index (χ1v) is 10.8. The molecule has 31 heavy (non-hydrogen) atoms. The number of nitrogens with zero attached hydrogens (tertiary/aromatic N) is 1. The van der Waals surface area contributed by atoms with E-state index in [0.29, 0.717) is 45.7 Å². The van der Waals surface area contributed by atoms with Gasteiger partial charge in [-0.15, -0.1) is 0 Å². The van der Waals surface area contributed by atoms with Gasteiger partial charge >= 0.3 is 6.09 Å². The van der Waals surface area contributed by atoms with Gasteiger partial charge in [-0.05, 0) is 37.0 Å². The van der Waals surface area contributed by atoms with Crippen molar-refractivity contribution in [2.24, 2.45) is 11.7 Å². The molecule has 2 heterocycles. The number of amides is 1. The number of aromatic nitrogens is 1. The van der Waals surface area contributed by atoms with E-state index in [1.165, 1.54) is 7.11 Å². The third kappa shape index (κ3) is 5.12. The first-order chi connectivity index (χ1) is 14.5. The molecule has 10 heteroatoms. The monoisotopic (exact) mass is 487 g/mol. The van der Waals surface area contributed by atoms with E-state index in [9.17, 15) is 4.79 Å². The highest BCUT2D eigenvalue weighted by molar-refractivity contribution is 6.39. The molecule has 0 fully saturated rings. The average Bonchev–Trinajstić information content (AvgIpc) is 2.69. The van der Waals surface area contributed by atoms with E-state index in [4.69, 9.17) is 50.0 Å². The molecule has 1 atom stereocenters. The number of hydrogen-bond acceptors (Lipinski definition) is 6. The number of ether oxygens (including phenoxy) is 3. The van der Waals surface area contributed by atoms with Crippen molar-refractivity contribution in [1.82, 2.24) is 4.98 Å². The van der Waals surface area contributed by atoms with Gasteiger partial charge in [-0.25, -0.2) is 9.78 Å². The van der Waals surface area contributed by atoms with Gasteiger partial charge in [-0.2, -0.15) is 0 Å². The molecule has 1 aliphatic rings. The first kappa shape index (κ1) is 23.7. The standard InChI is InChI=1S/C21H24Cl3N3O4/c1-10(2)7-21(3,25)9-31-13-6-5-11-12(15(13)22)8-30-17-14(11)16(23)19(26-18(17)24)27-20(28)29-4/h5-6,10H,7-9,25H2,1-4H3,(H,26,27,28). The zero-order valence-electron chi connectivity index (χ0n) is 17.6. The maximum atomic E-state index is 11.6. The van der Waals surface area contributed by atoms with Crippen LogP contribution >= 0.6 is 34.8 Å². The number of methoxy groups -OCH3 is 1. The van der Waals surface area contributed by atoms with E-state index in [1.807, 2.05) is 13.0 Å². The van der Waals surface area contributed by atoms with Crippen LogP contribution in [-0.4, -0.2) is 30.3 Å². The highest BCUT2D eigenvalue weighted by atomic mass is 35.5. The lowest BCUT2D eigenvalue weighted by Crippen LogP contribution is -2.43. The Kier molecular flexibility index (Phi) is 7.11. The number of carbonyl (C=O) groups is 1. The van der Waals surface area contributed by atoms with Crippen molar-refractivity contribution in [3.05, 3.63) is 32.9 Å². The van der Waals surface area contributed by atoms with E-state index in [-0.39, 0.29) is 22.6 Å². The van der Waals surface area contributed by atoms with Gasteiger partial charge in [0.2, 0.25) is 0 Å². The van der Waals surface area contributed by atoms with E-state index in [2.05, 4.69) is 28.9 Å². The maximum absolute atomic E-state index is 11.6. The van der Waals surface area contributed by atoms with Gasteiger partial charge in [0.25, 0.3) is 0 Å². The Bertz CT molecular complexity index is 1010. The number of nitrogens with one attached hydrogen (secondary N) is 1. The van der Waals surface area contributed by atoms with Gasteiger partial charge in [0.15, 0.2) is 16.7 Å². The summed E-state index contributed by atoms with van der Waals surface area (Å²) in [4.78, 5) is 15.7. The summed E-state index contributed by atoms with van der Waals surface area (Å²) in [6, 6.07) is 3.57. The maximum Gasteiger partial charge on any atom is 0.412 e. The van der Waals surface area contributed by atoms with Crippen molar-refractivity contribution in [3.8, 4) is 22.6 Å². The quantitative estimate of drug-likeness (QED) is 0.490. The Morgan fingerprint density at radius 2 is 2.03 bits per heavy atom. The summed E-state index contributed by atoms with van der Waals surface area (Å²) in [6.45, 7) is 6.64. The molecule has 0 radical (unpaired) electrons. The van der Waals surface area contributed by atoms with Crippen molar-refractivity contribution in [2.45, 2.75) is 39.3 Å². The molecular weight excluding hydrogens is 465 g/mol. The predicted molar refractivity (Wildman–Crippen MR) is 123 cm³/mol. The molecule has 0 saturated heterocycles. The minimum absolute atomic E-state index is 0.0535. The van der Waals surface area contributed by atoms with Crippen LogP contribution in [0.15, 0.2) is 12.1 Å². The molecule has 168 valence electrons. The summed E-state index contributed by atoms with van der Waals surface area (Å²) < 4.78 is 16.3. The summed E-state index contributed by atoms with van der Waals surface area (Å²) in [5.41, 5.74) is 7.72. The van der Waals surface area contributed by atoms with Crippen molar-refractivity contribution in [2.75, 3.05) is 19.0 Å². The van der Waals surface area contributed by atoms with Crippen molar-refractivity contribution in [1.29, 1.82) is 0 Å². The molecular formula is C21H24Cl3N3O4. The largest absolute Gasteiger partial charge is 0.490 e. The highest BCUT2D eigenvalue weighted by Crippen LogP contribution is 2.50. The van der Waals surface area contributed by atoms with Crippen LogP contribution < -0.4 is 20.5 Å². The van der Waals surface area contributed by atoms with E-state index in [0.717, 1.165) is 6.42 Å². The summed E-state index contributed by atoms with van der Waals surface area (Å²) in [5.74, 6) is 1.30. The molecule has 1 amide bonds. The lowest BCUT2D eigenvalue weighted by Gasteiger charge is -2.28. The van der Waals surface area contributed by atoms with Gasteiger partial charge in [0, 0.05) is 16.7 Å². The van der Waals surface area contributed by atoms with Gasteiger partial charge < -0.3 is 19.9 Å². The Hall–Kier alpha value is -1.93. The van der Waals surface area contributed by atoms with E-state index < -0.39 is 11.6 Å². The summed E-state index contributed by atoms with van der Waals surface area (Å²) in [6.07, 6.45) is 0.0822. The average molecular weight is 489 g/mol. The molecule has 1 unspecified atom stereocenters. The van der Waals surface area contributed by atoms with Crippen LogP contribution in [0.4, 0.5) is 10.6 Å². The molecule has 0 saturated carbocycles. The topological polar surface area (TPSA) is 95.7 Å². The Balaban J connectivity index is 1.97. The van der Waals surface area contributed by atoms with Gasteiger partial charge in [-0.3, -0.25) is 5.32 Å². The molecule has 7 nitrogen and oxygen atoms in total. The van der Waals surface area contributed by atoms with E-state index in [1.54, 1.807) is 6.07 Å². The number of rotatable bonds is 6. The molecule has 1 aromatic carbocycles. The Morgan fingerprint density at radius 3 is 2.68 bits per heavy atom. The van der Waals surface area contributed by atoms with Gasteiger partial charge in [-0.1, -0.05) is 48.7 Å². The van der Waals surface area contributed by atoms with Crippen molar-refractivity contribution >= 4 is 46.7 Å². The minimum Gasteiger partial charge on any atom is -0.490 e. The van der Waals surface area contributed by atoms with Crippen molar-refractivity contribution < 1.29 is 19.0 Å². The Labute approximate surface area is 196 Å². The normalized spacial score (nSPS) is 14.2. The fraction of sp³-hybridized carbons (Fsp3) is 0.429. The minimum atomic E-state index is -0.727. The second-order valence-corrected chi connectivity index (χ2v) is 9.23. The van der Waals surface area contributed by atoms with Crippen molar-refractivity contribution in [3.63, 3.8) is 0 Å². The number of pyridine rings is 1. The van der Waals surface area contributed by atoms with Crippen LogP contribution in [-0.2, 0) is 11.3 Å². The number of fused-ring (bicyclic) bond motifs is 3. The second kappa shape index (κ2) is 9.28. The number of carbonyl (C=O) groups excluding carboxylic acids is 1. The van der Waals surface area contributed by atoms with Crippen LogP contribution in [0, 0.1) is 5.92 Å². The van der Waals surface area contributed by atoms with E-state index >= 15 is 0 Å². The third-order valence-electron chi connectivity index (χ3n) is 4.73. The lowest BCUT2D eigenvalue weighted by atomic mass is 9.93. The molecule has 1 aliphatic heterocycles. The molecule has 3 N–H and O–H groups in total. The molecule has 2 aromatic rings. The SMILES string of the molecule is COC(=O)Nc1nc(Cl)c2c(c1Cl)-c1ccc(OCC(C)(N)CC(C)C)c(Cl)c1CO2. The lowest BCUT2D eigenvalue weighted by molar-refractivity contribution is 0.187. The molecule has 3 rings (SSSR count). The zero-order chi connectivity index (χ0) is 22.9. The second-order valence-electron chi connectivity index (χ2n) is 8.12. The van der Waals surface area contributed by atoms with Crippen LogP contribution in [0.2, 0.25) is 15.2 Å². The number of benzene rings is 1. The smallest absolute Gasteiger partial charge is 0.412 e. The zero-order valence-corrected chi connectivity index (χ0v) is 19.9. The summed E-state index contributed by atoms with van der Waals surface area (Å²) >= 11 is 19.4. The predicted octanol–water partition coefficient (Wildman–Crippen LogP) is 5.92. The summed E-state index contributed by atoms with van der Waals surface area (Å²) in [5, 5.41) is 3.05. The van der Waals surface area contributed by atoms with Gasteiger partial charge in [0.1, 0.15) is 19.0 Å². The van der Waals surface area contributed by atoms with Crippen LogP contribution in [0.25, 0.3) is 11.1 Å². The molecule has 0 aliphatic carbocycles. The molecule has 0 spiro atoms. The third-order valence-corrected chi connectivity index (χ3v) is 5.77. The Morgan fingerprint density at radius 1 is 1.32 bits per heavy atom. The molecule has 0 bridgehead atoms. The van der Waals surface area contributed by atoms with Gasteiger partial charge in [0.05, 0.1) is 17.2 Å². The fourth-order valence-electron chi connectivity index (χ4n) is 3.59. The molecule has 1 aromatic heterocycles. The summed E-state index contributed by atoms with van der Waals surface area (Å²) in [7, 11) is 1.23. The number of hydrogen-bond donors (Lipinski definition) is 2. The number of nitrogens with two attached hydrogens (primary N) is 1. The first-order valence-electron chi connectivity index (χ1n) is 9.64.